The number of nitrogens with one attached hydrogen (secondary N) is 1. The second kappa shape index (κ2) is 14.2. The van der Waals surface area contributed by atoms with Crippen LogP contribution < -0.4 is 0 Å². The molecular weight excluding hydrogens is 468 g/mol. The van der Waals surface area contributed by atoms with E-state index >= 15 is 0 Å². The Kier molecular flexibility index (Phi) is 11.1. The van der Waals surface area contributed by atoms with Crippen LogP contribution in [0.2, 0.25) is 0 Å². The number of benzene rings is 2. The van der Waals surface area contributed by atoms with Crippen LogP contribution in [0.25, 0.3) is 22.2 Å². The Morgan fingerprint density at radius 2 is 1.67 bits per heavy atom. The summed E-state index contributed by atoms with van der Waals surface area (Å²) in [6, 6.07) is 11.0. The standard InChI is InChI=1S/C30H42N2O3S/c1-4-5-19-32(3)28(35)12-10-21-36-20-9-7-6-8-11-25-27(34)18-17-26-29(25)22(2)30(31-26)23-13-15-24(33)16-14-23/h13-18,31,33-34H,4-12,19-21H2,1-3H3. The van der Waals surface area contributed by atoms with Crippen LogP contribution >= 0.6 is 11.8 Å². The molecule has 3 rings (SSSR count). The number of thioether (sulfide) groups is 1. The van der Waals surface area contributed by atoms with Gasteiger partial charge in [0.2, 0.25) is 5.91 Å². The van der Waals surface area contributed by atoms with Crippen LogP contribution in [0, 0.1) is 6.92 Å². The molecule has 3 N–H and O–H groups in total. The number of carbonyl (C=O) groups excluding carboxylic acids is 1. The van der Waals surface area contributed by atoms with Gasteiger partial charge in [-0.15, -0.1) is 0 Å². The summed E-state index contributed by atoms with van der Waals surface area (Å²) in [6.45, 7) is 5.12. The van der Waals surface area contributed by atoms with Gasteiger partial charge in [-0.2, -0.15) is 11.8 Å². The Labute approximate surface area is 220 Å². The third kappa shape index (κ3) is 7.70. The summed E-state index contributed by atoms with van der Waals surface area (Å²) in [7, 11) is 1.91. The normalized spacial score (nSPS) is 11.3. The average molecular weight is 511 g/mol. The van der Waals surface area contributed by atoms with E-state index in [0.29, 0.717) is 12.2 Å². The predicted octanol–water partition coefficient (Wildman–Crippen LogP) is 7.43. The largest absolute Gasteiger partial charge is 0.508 e. The summed E-state index contributed by atoms with van der Waals surface area (Å²) >= 11 is 1.96. The van der Waals surface area contributed by atoms with Crippen molar-refractivity contribution < 1.29 is 15.0 Å². The van der Waals surface area contributed by atoms with E-state index in [1.165, 1.54) is 12.8 Å². The molecule has 5 nitrogen and oxygen atoms in total. The first-order valence-electron chi connectivity index (χ1n) is 13.4. The number of phenolic OH excluding ortho intramolecular Hbond substituents is 2. The minimum atomic E-state index is 0.255. The van der Waals surface area contributed by atoms with Crippen molar-refractivity contribution in [3.8, 4) is 22.8 Å². The highest BCUT2D eigenvalue weighted by atomic mass is 32.2. The number of H-pyrrole nitrogens is 1. The van der Waals surface area contributed by atoms with Gasteiger partial charge in [-0.3, -0.25) is 4.79 Å². The maximum Gasteiger partial charge on any atom is 0.222 e. The van der Waals surface area contributed by atoms with E-state index < -0.39 is 0 Å². The highest BCUT2D eigenvalue weighted by Crippen LogP contribution is 2.36. The number of phenols is 2. The number of carbonyl (C=O) groups is 1. The van der Waals surface area contributed by atoms with Crippen LogP contribution in [0.3, 0.4) is 0 Å². The van der Waals surface area contributed by atoms with Gasteiger partial charge in [0.05, 0.1) is 0 Å². The Morgan fingerprint density at radius 3 is 2.42 bits per heavy atom. The highest BCUT2D eigenvalue weighted by Gasteiger charge is 2.16. The molecule has 3 aromatic rings. The van der Waals surface area contributed by atoms with Crippen molar-refractivity contribution in [1.82, 2.24) is 9.88 Å². The molecule has 0 fully saturated rings. The van der Waals surface area contributed by atoms with Gasteiger partial charge in [0.1, 0.15) is 11.5 Å². The van der Waals surface area contributed by atoms with Crippen molar-refractivity contribution in [2.45, 2.75) is 71.6 Å². The number of amides is 1. The minimum Gasteiger partial charge on any atom is -0.508 e. The molecule has 0 atom stereocenters. The van der Waals surface area contributed by atoms with Gasteiger partial charge < -0.3 is 20.1 Å². The molecule has 6 heteroatoms. The summed E-state index contributed by atoms with van der Waals surface area (Å²) in [6.07, 6.45) is 9.26. The van der Waals surface area contributed by atoms with Gasteiger partial charge in [-0.1, -0.05) is 26.2 Å². The van der Waals surface area contributed by atoms with Crippen molar-refractivity contribution in [2.75, 3.05) is 25.1 Å². The third-order valence-electron chi connectivity index (χ3n) is 6.87. The number of unbranched alkanes of at least 4 members (excludes halogenated alkanes) is 4. The highest BCUT2D eigenvalue weighted by molar-refractivity contribution is 7.99. The van der Waals surface area contributed by atoms with Gasteiger partial charge in [-0.05, 0) is 98.1 Å². The summed E-state index contributed by atoms with van der Waals surface area (Å²) in [5, 5.41) is 21.3. The molecule has 36 heavy (non-hydrogen) atoms. The summed E-state index contributed by atoms with van der Waals surface area (Å²) in [5.74, 6) is 3.10. The molecule has 0 aliphatic heterocycles. The van der Waals surface area contributed by atoms with E-state index in [4.69, 9.17) is 0 Å². The number of nitrogens with zero attached hydrogens (tertiary/aromatic N) is 1. The molecule has 0 radical (unpaired) electrons. The predicted molar refractivity (Wildman–Crippen MR) is 153 cm³/mol. The number of rotatable bonds is 15. The average Bonchev–Trinajstić information content (AvgIpc) is 3.21. The Morgan fingerprint density at radius 1 is 0.944 bits per heavy atom. The van der Waals surface area contributed by atoms with Crippen LogP contribution in [-0.4, -0.2) is 51.1 Å². The van der Waals surface area contributed by atoms with Gasteiger partial charge in [0, 0.05) is 42.2 Å². The minimum absolute atomic E-state index is 0.255. The second-order valence-corrected chi connectivity index (χ2v) is 10.9. The Hall–Kier alpha value is -2.60. The molecular formula is C30H42N2O3S. The fraction of sp³-hybridized carbons (Fsp3) is 0.500. The SMILES string of the molecule is CCCCN(C)C(=O)CCCSCCCCCCc1c(O)ccc2[nH]c(-c3ccc(O)cc3)c(C)c12. The first kappa shape index (κ1) is 28.0. The third-order valence-corrected chi connectivity index (χ3v) is 8.03. The van der Waals surface area contributed by atoms with Gasteiger partial charge in [0.25, 0.3) is 0 Å². The molecule has 0 saturated carbocycles. The van der Waals surface area contributed by atoms with Crippen LogP contribution in [0.4, 0.5) is 0 Å². The molecule has 0 unspecified atom stereocenters. The monoisotopic (exact) mass is 510 g/mol. The maximum atomic E-state index is 12.1. The Bertz CT molecular complexity index is 1110. The summed E-state index contributed by atoms with van der Waals surface area (Å²) < 4.78 is 0. The number of aryl methyl sites for hydroxylation is 2. The van der Waals surface area contributed by atoms with Crippen LogP contribution in [-0.2, 0) is 11.2 Å². The van der Waals surface area contributed by atoms with E-state index in [1.807, 2.05) is 41.9 Å². The van der Waals surface area contributed by atoms with Crippen molar-refractivity contribution in [2.24, 2.45) is 0 Å². The molecule has 2 aromatic carbocycles. The van der Waals surface area contributed by atoms with E-state index in [0.717, 1.165) is 89.9 Å². The first-order valence-corrected chi connectivity index (χ1v) is 14.5. The van der Waals surface area contributed by atoms with Crippen molar-refractivity contribution >= 4 is 28.6 Å². The van der Waals surface area contributed by atoms with E-state index in [9.17, 15) is 15.0 Å². The van der Waals surface area contributed by atoms with Crippen molar-refractivity contribution in [3.05, 3.63) is 47.5 Å². The molecule has 1 heterocycles. The van der Waals surface area contributed by atoms with Gasteiger partial charge in [0.15, 0.2) is 0 Å². The lowest BCUT2D eigenvalue weighted by Crippen LogP contribution is -2.27. The molecule has 0 spiro atoms. The molecule has 1 aromatic heterocycles. The number of hydrogen-bond acceptors (Lipinski definition) is 4. The maximum absolute atomic E-state index is 12.1. The molecule has 1 amide bonds. The van der Waals surface area contributed by atoms with Gasteiger partial charge >= 0.3 is 0 Å². The Balaban J connectivity index is 1.40. The molecule has 0 aliphatic rings. The zero-order chi connectivity index (χ0) is 25.9. The fourth-order valence-electron chi connectivity index (χ4n) is 4.69. The number of aromatic hydroxyl groups is 2. The lowest BCUT2D eigenvalue weighted by atomic mass is 9.98. The molecule has 0 saturated heterocycles. The van der Waals surface area contributed by atoms with Crippen molar-refractivity contribution in [3.63, 3.8) is 0 Å². The van der Waals surface area contributed by atoms with Crippen LogP contribution in [0.5, 0.6) is 11.5 Å². The smallest absolute Gasteiger partial charge is 0.222 e. The van der Waals surface area contributed by atoms with Crippen molar-refractivity contribution in [1.29, 1.82) is 0 Å². The topological polar surface area (TPSA) is 76.6 Å². The lowest BCUT2D eigenvalue weighted by Gasteiger charge is -2.16. The zero-order valence-electron chi connectivity index (χ0n) is 22.1. The zero-order valence-corrected chi connectivity index (χ0v) is 22.9. The van der Waals surface area contributed by atoms with E-state index in [-0.39, 0.29) is 11.7 Å². The number of aromatic amines is 1. The number of fused-ring (bicyclic) bond motifs is 1. The number of hydrogen-bond donors (Lipinski definition) is 3. The second-order valence-electron chi connectivity index (χ2n) is 9.71. The van der Waals surface area contributed by atoms with E-state index in [2.05, 4.69) is 18.8 Å². The first-order chi connectivity index (χ1) is 17.4. The molecule has 0 bridgehead atoms. The molecule has 0 aliphatic carbocycles. The van der Waals surface area contributed by atoms with Gasteiger partial charge in [-0.25, -0.2) is 0 Å². The lowest BCUT2D eigenvalue weighted by molar-refractivity contribution is -0.129. The van der Waals surface area contributed by atoms with Crippen LogP contribution in [0.1, 0.15) is 69.4 Å². The summed E-state index contributed by atoms with van der Waals surface area (Å²) in [4.78, 5) is 17.4. The fourth-order valence-corrected chi connectivity index (χ4v) is 5.65. The van der Waals surface area contributed by atoms with E-state index in [1.54, 1.807) is 18.2 Å². The number of aromatic nitrogens is 1. The quantitative estimate of drug-likeness (QED) is 0.186. The molecule has 196 valence electrons. The van der Waals surface area contributed by atoms with Crippen LogP contribution in [0.15, 0.2) is 36.4 Å². The summed E-state index contributed by atoms with van der Waals surface area (Å²) in [5.41, 5.74) is 5.25.